The summed E-state index contributed by atoms with van der Waals surface area (Å²) in [5.41, 5.74) is -1.23. The fourth-order valence-corrected chi connectivity index (χ4v) is 0.480. The van der Waals surface area contributed by atoms with Crippen molar-refractivity contribution in [1.29, 1.82) is 0 Å². The molecule has 0 amide bonds. The Balaban J connectivity index is 4.08. The van der Waals surface area contributed by atoms with E-state index in [-0.39, 0.29) is 12.2 Å². The Bertz CT molecular complexity index is 163. The van der Waals surface area contributed by atoms with E-state index in [9.17, 15) is 9.90 Å². The Morgan fingerprint density at radius 2 is 2.30 bits per heavy atom. The topological polar surface area (TPSA) is 37.3 Å². The van der Waals surface area contributed by atoms with E-state index in [4.69, 9.17) is 6.42 Å². The van der Waals surface area contributed by atoms with Crippen LogP contribution in [0.25, 0.3) is 0 Å². The first kappa shape index (κ1) is 9.19. The van der Waals surface area contributed by atoms with Crippen LogP contribution in [0.2, 0.25) is 0 Å². The molecule has 0 spiro atoms. The lowest BCUT2D eigenvalue weighted by Gasteiger charge is -2.17. The van der Waals surface area contributed by atoms with Gasteiger partial charge in [-0.15, -0.1) is 6.42 Å². The number of carbonyl (C=O) groups excluding carboxylic acids is 1. The zero-order valence-corrected chi connectivity index (χ0v) is 6.35. The molecular weight excluding hydrogens is 128 g/mol. The number of ketones is 1. The third kappa shape index (κ3) is 2.20. The van der Waals surface area contributed by atoms with E-state index in [1.54, 1.807) is 6.92 Å². The molecule has 1 N–H and O–H groups in total. The van der Waals surface area contributed by atoms with E-state index in [0.29, 0.717) is 6.42 Å². The summed E-state index contributed by atoms with van der Waals surface area (Å²) in [4.78, 5) is 10.9. The van der Waals surface area contributed by atoms with Crippen LogP contribution >= 0.6 is 0 Å². The molecule has 0 fully saturated rings. The van der Waals surface area contributed by atoms with Gasteiger partial charge in [-0.3, -0.25) is 4.79 Å². The first-order valence-electron chi connectivity index (χ1n) is 3.23. The standard InChI is InChI=1S/C8H12O2/c1-4-6-7(9)8(3,10)5-2/h1,10H,5-6H2,2-3H3. The lowest BCUT2D eigenvalue weighted by Crippen LogP contribution is -2.33. The average molecular weight is 140 g/mol. The van der Waals surface area contributed by atoms with E-state index in [2.05, 4.69) is 5.92 Å². The van der Waals surface area contributed by atoms with Crippen molar-refractivity contribution in [3.05, 3.63) is 0 Å². The Morgan fingerprint density at radius 3 is 2.60 bits per heavy atom. The molecule has 1 atom stereocenters. The van der Waals surface area contributed by atoms with E-state index in [1.807, 2.05) is 0 Å². The number of hydrogen-bond acceptors (Lipinski definition) is 2. The second kappa shape index (κ2) is 3.38. The van der Waals surface area contributed by atoms with Gasteiger partial charge in [0.25, 0.3) is 0 Å². The molecule has 0 aliphatic heterocycles. The minimum Gasteiger partial charge on any atom is -0.382 e. The average Bonchev–Trinajstić information content (AvgIpc) is 1.89. The minimum absolute atomic E-state index is 0.0147. The highest BCUT2D eigenvalue weighted by Crippen LogP contribution is 2.10. The van der Waals surface area contributed by atoms with E-state index in [1.165, 1.54) is 6.92 Å². The number of terminal acetylenes is 1. The Labute approximate surface area is 61.2 Å². The highest BCUT2D eigenvalue weighted by Gasteiger charge is 2.26. The fourth-order valence-electron chi connectivity index (χ4n) is 0.480. The quantitative estimate of drug-likeness (QED) is 0.587. The first-order valence-corrected chi connectivity index (χ1v) is 3.23. The third-order valence-electron chi connectivity index (χ3n) is 1.55. The number of hydrogen-bond donors (Lipinski definition) is 1. The normalized spacial score (nSPS) is 15.4. The van der Waals surface area contributed by atoms with E-state index >= 15 is 0 Å². The summed E-state index contributed by atoms with van der Waals surface area (Å²) in [5, 5.41) is 9.28. The number of carbonyl (C=O) groups is 1. The smallest absolute Gasteiger partial charge is 0.175 e. The molecular formula is C8H12O2. The fraction of sp³-hybridized carbons (Fsp3) is 0.625. The van der Waals surface area contributed by atoms with Crippen molar-refractivity contribution in [3.8, 4) is 12.3 Å². The molecule has 0 aliphatic carbocycles. The lowest BCUT2D eigenvalue weighted by molar-refractivity contribution is -0.134. The molecule has 0 bridgehead atoms. The number of Topliss-reactive ketones (excluding diaryl/α,β-unsaturated/α-hetero) is 1. The third-order valence-corrected chi connectivity index (χ3v) is 1.55. The van der Waals surface area contributed by atoms with Crippen molar-refractivity contribution in [2.45, 2.75) is 32.3 Å². The van der Waals surface area contributed by atoms with Crippen LogP contribution in [0.1, 0.15) is 26.7 Å². The Morgan fingerprint density at radius 1 is 1.80 bits per heavy atom. The highest BCUT2D eigenvalue weighted by molar-refractivity contribution is 5.88. The largest absolute Gasteiger partial charge is 0.382 e. The Hall–Kier alpha value is -0.810. The van der Waals surface area contributed by atoms with Gasteiger partial charge in [0.2, 0.25) is 0 Å². The van der Waals surface area contributed by atoms with Gasteiger partial charge in [0.1, 0.15) is 5.60 Å². The SMILES string of the molecule is C#CCC(=O)C(C)(O)CC. The van der Waals surface area contributed by atoms with Crippen LogP contribution in [0.5, 0.6) is 0 Å². The molecule has 0 heterocycles. The van der Waals surface area contributed by atoms with Crippen LogP contribution in [0.15, 0.2) is 0 Å². The van der Waals surface area contributed by atoms with E-state index in [0.717, 1.165) is 0 Å². The van der Waals surface area contributed by atoms with Crippen LogP contribution in [0.4, 0.5) is 0 Å². The highest BCUT2D eigenvalue weighted by atomic mass is 16.3. The van der Waals surface area contributed by atoms with Gasteiger partial charge in [0.15, 0.2) is 5.78 Å². The molecule has 0 radical (unpaired) electrons. The van der Waals surface area contributed by atoms with Crippen molar-refractivity contribution in [2.75, 3.05) is 0 Å². The molecule has 0 saturated heterocycles. The minimum atomic E-state index is -1.23. The summed E-state index contributed by atoms with van der Waals surface area (Å²) in [6.07, 6.45) is 5.32. The Kier molecular flexibility index (Phi) is 3.11. The van der Waals surface area contributed by atoms with E-state index < -0.39 is 5.60 Å². The molecule has 0 saturated carbocycles. The molecule has 56 valence electrons. The van der Waals surface area contributed by atoms with Gasteiger partial charge >= 0.3 is 0 Å². The van der Waals surface area contributed by atoms with Crippen molar-refractivity contribution in [2.24, 2.45) is 0 Å². The summed E-state index contributed by atoms with van der Waals surface area (Å²) in [6, 6.07) is 0. The molecule has 10 heavy (non-hydrogen) atoms. The van der Waals surface area contributed by atoms with Gasteiger partial charge < -0.3 is 5.11 Å². The molecule has 0 aromatic rings. The van der Waals surface area contributed by atoms with Gasteiger partial charge in [-0.05, 0) is 13.3 Å². The van der Waals surface area contributed by atoms with Crippen LogP contribution in [-0.4, -0.2) is 16.5 Å². The molecule has 1 unspecified atom stereocenters. The monoisotopic (exact) mass is 140 g/mol. The number of rotatable bonds is 3. The molecule has 2 nitrogen and oxygen atoms in total. The first-order chi connectivity index (χ1) is 4.54. The van der Waals surface area contributed by atoms with Gasteiger partial charge in [-0.1, -0.05) is 12.8 Å². The molecule has 0 aliphatic rings. The molecule has 0 aromatic carbocycles. The van der Waals surface area contributed by atoms with Crippen molar-refractivity contribution in [3.63, 3.8) is 0 Å². The van der Waals surface area contributed by atoms with Crippen molar-refractivity contribution in [1.82, 2.24) is 0 Å². The van der Waals surface area contributed by atoms with Gasteiger partial charge in [-0.25, -0.2) is 0 Å². The summed E-state index contributed by atoms with van der Waals surface area (Å²) in [7, 11) is 0. The van der Waals surface area contributed by atoms with Gasteiger partial charge in [0, 0.05) is 0 Å². The predicted octanol–water partition coefficient (Wildman–Crippen LogP) is 0.740. The number of aliphatic hydroxyl groups is 1. The summed E-state index contributed by atoms with van der Waals surface area (Å²) in [5.74, 6) is 1.92. The van der Waals surface area contributed by atoms with Gasteiger partial charge in [-0.2, -0.15) is 0 Å². The predicted molar refractivity (Wildman–Crippen MR) is 39.4 cm³/mol. The second-order valence-electron chi connectivity index (χ2n) is 2.43. The van der Waals surface area contributed by atoms with Crippen molar-refractivity contribution >= 4 is 5.78 Å². The van der Waals surface area contributed by atoms with Crippen LogP contribution in [-0.2, 0) is 4.79 Å². The molecule has 0 aromatic heterocycles. The maximum absolute atomic E-state index is 10.9. The lowest BCUT2D eigenvalue weighted by atomic mass is 9.96. The van der Waals surface area contributed by atoms with Crippen LogP contribution < -0.4 is 0 Å². The van der Waals surface area contributed by atoms with Crippen LogP contribution in [0.3, 0.4) is 0 Å². The second-order valence-corrected chi connectivity index (χ2v) is 2.43. The molecule has 0 rings (SSSR count). The summed E-state index contributed by atoms with van der Waals surface area (Å²) < 4.78 is 0. The summed E-state index contributed by atoms with van der Waals surface area (Å²) >= 11 is 0. The maximum atomic E-state index is 10.9. The summed E-state index contributed by atoms with van der Waals surface area (Å²) in [6.45, 7) is 3.22. The molecule has 2 heteroatoms. The maximum Gasteiger partial charge on any atom is 0.175 e. The van der Waals surface area contributed by atoms with Crippen LogP contribution in [0, 0.1) is 12.3 Å². The van der Waals surface area contributed by atoms with Crippen molar-refractivity contribution < 1.29 is 9.90 Å². The zero-order valence-electron chi connectivity index (χ0n) is 6.35. The zero-order chi connectivity index (χ0) is 8.20. The van der Waals surface area contributed by atoms with Gasteiger partial charge in [0.05, 0.1) is 6.42 Å².